The molecule has 0 spiro atoms. The van der Waals surface area contributed by atoms with E-state index in [2.05, 4.69) is 0 Å². The first-order valence-corrected chi connectivity index (χ1v) is 3.49. The van der Waals surface area contributed by atoms with E-state index in [9.17, 15) is 9.59 Å². The average Bonchev–Trinajstić information content (AvgIpc) is 1.84. The summed E-state index contributed by atoms with van der Waals surface area (Å²) in [4.78, 5) is 22.3. The predicted octanol–water partition coefficient (Wildman–Crippen LogP) is 0.404. The molecule has 0 radical (unpaired) electrons. The molecule has 0 aromatic heterocycles. The van der Waals surface area contributed by atoms with E-state index in [1.807, 2.05) is 6.92 Å². The van der Waals surface area contributed by atoms with E-state index in [0.29, 0.717) is 6.54 Å². The highest BCUT2D eigenvalue weighted by molar-refractivity contribution is 5.85. The lowest BCUT2D eigenvalue weighted by molar-refractivity contribution is -0.138. The fourth-order valence-electron chi connectivity index (χ4n) is 0.786. The summed E-state index contributed by atoms with van der Waals surface area (Å²) >= 11 is 0. The van der Waals surface area contributed by atoms with E-state index >= 15 is 0 Å². The van der Waals surface area contributed by atoms with Crippen LogP contribution in [0.15, 0.2) is 0 Å². The summed E-state index contributed by atoms with van der Waals surface area (Å²) in [7, 11) is 0. The van der Waals surface area contributed by atoms with Gasteiger partial charge < -0.3 is 5.11 Å². The third-order valence-electron chi connectivity index (χ3n) is 1.25. The zero-order valence-electron chi connectivity index (χ0n) is 7.24. The molecule has 5 heteroatoms. The van der Waals surface area contributed by atoms with Gasteiger partial charge in [0.05, 0.1) is 13.1 Å². The molecule has 4 nitrogen and oxygen atoms in total. The highest BCUT2D eigenvalue weighted by Crippen LogP contribution is 1.87. The van der Waals surface area contributed by atoms with Crippen LogP contribution in [-0.2, 0) is 9.59 Å². The van der Waals surface area contributed by atoms with E-state index in [-0.39, 0.29) is 31.3 Å². The molecule has 0 atom stereocenters. The molecule has 0 aromatic rings. The smallest absolute Gasteiger partial charge is 0.317 e. The van der Waals surface area contributed by atoms with Crippen molar-refractivity contribution in [2.75, 3.05) is 19.6 Å². The van der Waals surface area contributed by atoms with Gasteiger partial charge in [-0.1, -0.05) is 6.92 Å². The molecule has 0 aliphatic rings. The quantitative estimate of drug-likeness (QED) is 0.690. The van der Waals surface area contributed by atoms with Crippen LogP contribution in [-0.4, -0.2) is 41.4 Å². The Hall–Kier alpha value is -0.610. The van der Waals surface area contributed by atoms with Gasteiger partial charge in [-0.15, -0.1) is 12.4 Å². The van der Waals surface area contributed by atoms with E-state index in [0.717, 1.165) is 0 Å². The molecule has 0 fully saturated rings. The number of likely N-dealkylation sites (N-methyl/N-ethyl adjacent to an activating group) is 1. The molecule has 1 N–H and O–H groups in total. The number of aliphatic carboxylic acids is 1. The summed E-state index contributed by atoms with van der Waals surface area (Å²) in [6.07, 6.45) is 0. The topological polar surface area (TPSA) is 57.6 Å². The lowest BCUT2D eigenvalue weighted by Gasteiger charge is -2.14. The number of ketones is 1. The number of carbonyl (C=O) groups is 2. The summed E-state index contributed by atoms with van der Waals surface area (Å²) in [5, 5.41) is 8.37. The molecule has 0 aliphatic carbocycles. The Balaban J connectivity index is 0. The normalized spacial score (nSPS) is 9.25. The summed E-state index contributed by atoms with van der Waals surface area (Å²) < 4.78 is 0. The number of carboxylic acid groups (broad SMARTS) is 1. The molecule has 0 aliphatic heterocycles. The lowest BCUT2D eigenvalue weighted by atomic mass is 10.4. The van der Waals surface area contributed by atoms with Crippen LogP contribution in [0, 0.1) is 0 Å². The molecule has 0 aromatic carbocycles. The fraction of sp³-hybridized carbons (Fsp3) is 0.714. The van der Waals surface area contributed by atoms with Gasteiger partial charge in [-0.2, -0.15) is 0 Å². The Morgan fingerprint density at radius 1 is 1.33 bits per heavy atom. The largest absolute Gasteiger partial charge is 0.480 e. The van der Waals surface area contributed by atoms with Gasteiger partial charge in [0.2, 0.25) is 0 Å². The highest BCUT2D eigenvalue weighted by Gasteiger charge is 2.08. The summed E-state index contributed by atoms with van der Waals surface area (Å²) in [6, 6.07) is 0. The first-order chi connectivity index (χ1) is 5.06. The van der Waals surface area contributed by atoms with Crippen LogP contribution < -0.4 is 0 Å². The van der Waals surface area contributed by atoms with Gasteiger partial charge in [-0.3, -0.25) is 14.5 Å². The molecule has 0 unspecified atom stereocenters. The van der Waals surface area contributed by atoms with Crippen molar-refractivity contribution in [1.82, 2.24) is 4.90 Å². The predicted molar refractivity (Wildman–Crippen MR) is 47.7 cm³/mol. The number of carboxylic acids is 1. The second-order valence-corrected chi connectivity index (χ2v) is 2.40. The minimum absolute atomic E-state index is 0. The van der Waals surface area contributed by atoms with Crippen molar-refractivity contribution in [3.05, 3.63) is 0 Å². The first-order valence-electron chi connectivity index (χ1n) is 3.49. The Labute approximate surface area is 78.0 Å². The van der Waals surface area contributed by atoms with Crippen molar-refractivity contribution >= 4 is 24.2 Å². The maximum absolute atomic E-state index is 10.6. The van der Waals surface area contributed by atoms with E-state index in [4.69, 9.17) is 5.11 Å². The molecule has 0 saturated carbocycles. The van der Waals surface area contributed by atoms with Gasteiger partial charge in [-0.25, -0.2) is 0 Å². The van der Waals surface area contributed by atoms with Crippen molar-refractivity contribution in [1.29, 1.82) is 0 Å². The van der Waals surface area contributed by atoms with Crippen molar-refractivity contribution in [2.24, 2.45) is 0 Å². The van der Waals surface area contributed by atoms with Gasteiger partial charge in [0.25, 0.3) is 0 Å². The van der Waals surface area contributed by atoms with Crippen LogP contribution in [0.5, 0.6) is 0 Å². The SMILES string of the molecule is CCN(CC(C)=O)CC(=O)O.Cl. The summed E-state index contributed by atoms with van der Waals surface area (Å²) in [6.45, 7) is 4.03. The zero-order chi connectivity index (χ0) is 8.85. The number of rotatable bonds is 5. The monoisotopic (exact) mass is 195 g/mol. The summed E-state index contributed by atoms with van der Waals surface area (Å²) in [5.74, 6) is -0.902. The molecule has 72 valence electrons. The Morgan fingerprint density at radius 3 is 2.08 bits per heavy atom. The number of hydrogen-bond donors (Lipinski definition) is 1. The molecule has 0 heterocycles. The number of hydrogen-bond acceptors (Lipinski definition) is 3. The minimum atomic E-state index is -0.895. The minimum Gasteiger partial charge on any atom is -0.480 e. The lowest BCUT2D eigenvalue weighted by Crippen LogP contribution is -2.33. The number of halogens is 1. The van der Waals surface area contributed by atoms with E-state index in [1.54, 1.807) is 4.90 Å². The van der Waals surface area contributed by atoms with Gasteiger partial charge in [0, 0.05) is 0 Å². The maximum Gasteiger partial charge on any atom is 0.317 e. The summed E-state index contributed by atoms with van der Waals surface area (Å²) in [5.41, 5.74) is 0. The Kier molecular flexibility index (Phi) is 8.21. The van der Waals surface area contributed by atoms with Crippen molar-refractivity contribution < 1.29 is 14.7 Å². The second kappa shape index (κ2) is 7.06. The number of Topliss-reactive ketones (excluding diaryl/α,β-unsaturated/α-hetero) is 1. The fourth-order valence-corrected chi connectivity index (χ4v) is 0.786. The highest BCUT2D eigenvalue weighted by atomic mass is 35.5. The second-order valence-electron chi connectivity index (χ2n) is 2.40. The Morgan fingerprint density at radius 2 is 1.83 bits per heavy atom. The molecule has 0 amide bonds. The molecule has 12 heavy (non-hydrogen) atoms. The van der Waals surface area contributed by atoms with Crippen LogP contribution >= 0.6 is 12.4 Å². The van der Waals surface area contributed by atoms with E-state index in [1.165, 1.54) is 6.92 Å². The molecular weight excluding hydrogens is 182 g/mol. The van der Waals surface area contributed by atoms with Crippen LogP contribution in [0.4, 0.5) is 0 Å². The van der Waals surface area contributed by atoms with Crippen LogP contribution in [0.2, 0.25) is 0 Å². The van der Waals surface area contributed by atoms with Crippen molar-refractivity contribution in [3.63, 3.8) is 0 Å². The molecule has 0 saturated heterocycles. The van der Waals surface area contributed by atoms with Gasteiger partial charge in [-0.05, 0) is 13.5 Å². The van der Waals surface area contributed by atoms with Gasteiger partial charge >= 0.3 is 5.97 Å². The van der Waals surface area contributed by atoms with Crippen LogP contribution in [0.25, 0.3) is 0 Å². The molecule has 0 rings (SSSR count). The van der Waals surface area contributed by atoms with E-state index < -0.39 is 5.97 Å². The van der Waals surface area contributed by atoms with Crippen LogP contribution in [0.1, 0.15) is 13.8 Å². The average molecular weight is 196 g/mol. The van der Waals surface area contributed by atoms with Crippen molar-refractivity contribution in [3.8, 4) is 0 Å². The van der Waals surface area contributed by atoms with Gasteiger partial charge in [0.1, 0.15) is 5.78 Å². The third kappa shape index (κ3) is 7.50. The standard InChI is InChI=1S/C7H13NO3.ClH/c1-3-8(4-6(2)9)5-7(10)11;/h3-5H2,1-2H3,(H,10,11);1H. The molecule has 0 bridgehead atoms. The third-order valence-corrected chi connectivity index (χ3v) is 1.25. The van der Waals surface area contributed by atoms with Crippen molar-refractivity contribution in [2.45, 2.75) is 13.8 Å². The molecular formula is C7H14ClNO3. The number of carbonyl (C=O) groups excluding carboxylic acids is 1. The first kappa shape index (κ1) is 13.9. The van der Waals surface area contributed by atoms with Crippen LogP contribution in [0.3, 0.4) is 0 Å². The maximum atomic E-state index is 10.6. The van der Waals surface area contributed by atoms with Gasteiger partial charge in [0.15, 0.2) is 0 Å². The zero-order valence-corrected chi connectivity index (χ0v) is 8.06. The number of nitrogens with zero attached hydrogens (tertiary/aromatic N) is 1. The Bertz CT molecular complexity index is 145.